The summed E-state index contributed by atoms with van der Waals surface area (Å²) in [6, 6.07) is 9.24. The highest BCUT2D eigenvalue weighted by Gasteiger charge is 2.18. The van der Waals surface area contributed by atoms with Crippen molar-refractivity contribution in [3.05, 3.63) is 69.5 Å². The van der Waals surface area contributed by atoms with Crippen LogP contribution in [0.15, 0.2) is 42.7 Å². The molecule has 0 atom stereocenters. The van der Waals surface area contributed by atoms with Crippen molar-refractivity contribution in [2.24, 2.45) is 0 Å². The molecule has 0 fully saturated rings. The molecule has 2 aromatic rings. The summed E-state index contributed by atoms with van der Waals surface area (Å²) in [5.74, 6) is 0.100. The third kappa shape index (κ3) is 4.84. The molecule has 0 bridgehead atoms. The minimum atomic E-state index is -0.323. The van der Waals surface area contributed by atoms with Crippen molar-refractivity contribution in [1.82, 2.24) is 9.88 Å². The van der Waals surface area contributed by atoms with E-state index >= 15 is 0 Å². The van der Waals surface area contributed by atoms with Crippen LogP contribution in [0.25, 0.3) is 0 Å². The van der Waals surface area contributed by atoms with Gasteiger partial charge in [0.05, 0.1) is 11.5 Å². The Morgan fingerprint density at radius 3 is 2.58 bits per heavy atom. The van der Waals surface area contributed by atoms with E-state index < -0.39 is 0 Å². The van der Waals surface area contributed by atoms with Gasteiger partial charge in [-0.3, -0.25) is 20.0 Å². The van der Waals surface area contributed by atoms with Gasteiger partial charge in [-0.15, -0.1) is 0 Å². The van der Waals surface area contributed by atoms with Crippen LogP contribution in [0.2, 0.25) is 0 Å². The molecule has 0 aliphatic heterocycles. The lowest BCUT2D eigenvalue weighted by Gasteiger charge is -2.21. The Morgan fingerprint density at radius 2 is 2.00 bits per heavy atom. The standard InChI is InChI=1S/C18H23N3O3/c1-14(2)17-6-5-15(10-18(17)21(23)24)12-20(8-9-22)13-16-4-3-7-19-11-16/h3-7,10-11,14,22H,8-9,12-13H2,1-2H3. The third-order valence-electron chi connectivity index (χ3n) is 3.86. The number of hydrogen-bond acceptors (Lipinski definition) is 5. The molecule has 0 saturated carbocycles. The fourth-order valence-corrected chi connectivity index (χ4v) is 2.70. The van der Waals surface area contributed by atoms with E-state index in [1.54, 1.807) is 18.5 Å². The molecule has 128 valence electrons. The van der Waals surface area contributed by atoms with Crippen LogP contribution in [0.5, 0.6) is 0 Å². The fraction of sp³-hybridized carbons (Fsp3) is 0.389. The Morgan fingerprint density at radius 1 is 1.25 bits per heavy atom. The number of aliphatic hydroxyl groups is 1. The van der Waals surface area contributed by atoms with Crippen LogP contribution in [-0.2, 0) is 13.1 Å². The number of nitrogens with zero attached hydrogens (tertiary/aromatic N) is 3. The molecule has 1 N–H and O–H groups in total. The molecule has 6 nitrogen and oxygen atoms in total. The molecule has 0 aliphatic rings. The minimum absolute atomic E-state index is 0.0342. The van der Waals surface area contributed by atoms with Crippen molar-refractivity contribution in [3.8, 4) is 0 Å². The molecule has 1 aromatic heterocycles. The Bertz CT molecular complexity index is 674. The molecule has 0 saturated heterocycles. The summed E-state index contributed by atoms with van der Waals surface area (Å²) in [6.45, 7) is 5.59. The number of nitro benzene ring substituents is 1. The van der Waals surface area contributed by atoms with Crippen molar-refractivity contribution in [2.75, 3.05) is 13.2 Å². The predicted molar refractivity (Wildman–Crippen MR) is 92.6 cm³/mol. The van der Waals surface area contributed by atoms with Gasteiger partial charge in [-0.2, -0.15) is 0 Å². The number of aromatic nitrogens is 1. The van der Waals surface area contributed by atoms with Gasteiger partial charge in [0.1, 0.15) is 0 Å². The number of aliphatic hydroxyl groups excluding tert-OH is 1. The molecule has 24 heavy (non-hydrogen) atoms. The number of benzene rings is 1. The van der Waals surface area contributed by atoms with Crippen molar-refractivity contribution < 1.29 is 10.0 Å². The van der Waals surface area contributed by atoms with Crippen molar-refractivity contribution in [3.63, 3.8) is 0 Å². The van der Waals surface area contributed by atoms with Crippen LogP contribution in [0.4, 0.5) is 5.69 Å². The molecular weight excluding hydrogens is 306 g/mol. The van der Waals surface area contributed by atoms with Crippen LogP contribution < -0.4 is 0 Å². The molecule has 6 heteroatoms. The summed E-state index contributed by atoms with van der Waals surface area (Å²) in [5.41, 5.74) is 2.81. The van der Waals surface area contributed by atoms with Gasteiger partial charge in [-0.1, -0.05) is 32.0 Å². The molecule has 0 aliphatic carbocycles. The Kier molecular flexibility index (Phi) is 6.40. The normalized spacial score (nSPS) is 11.2. The zero-order chi connectivity index (χ0) is 17.5. The Labute approximate surface area is 141 Å². The van der Waals surface area contributed by atoms with Gasteiger partial charge in [0.15, 0.2) is 0 Å². The highest BCUT2D eigenvalue weighted by molar-refractivity contribution is 5.45. The molecular formula is C18H23N3O3. The van der Waals surface area contributed by atoms with E-state index in [4.69, 9.17) is 0 Å². The number of nitro groups is 1. The molecule has 0 spiro atoms. The first-order chi connectivity index (χ1) is 11.5. The zero-order valence-electron chi connectivity index (χ0n) is 14.1. The van der Waals surface area contributed by atoms with Crippen LogP contribution in [0.1, 0.15) is 36.5 Å². The van der Waals surface area contributed by atoms with E-state index in [2.05, 4.69) is 4.98 Å². The summed E-state index contributed by atoms with van der Waals surface area (Å²) in [6.07, 6.45) is 3.50. The summed E-state index contributed by atoms with van der Waals surface area (Å²) < 4.78 is 0. The summed E-state index contributed by atoms with van der Waals surface area (Å²) in [7, 11) is 0. The maximum absolute atomic E-state index is 11.3. The topological polar surface area (TPSA) is 79.5 Å². The maximum atomic E-state index is 11.3. The van der Waals surface area contributed by atoms with E-state index in [1.165, 1.54) is 0 Å². The van der Waals surface area contributed by atoms with Gasteiger partial charge in [-0.25, -0.2) is 0 Å². The van der Waals surface area contributed by atoms with Crippen molar-refractivity contribution >= 4 is 5.69 Å². The highest BCUT2D eigenvalue weighted by atomic mass is 16.6. The summed E-state index contributed by atoms with van der Waals surface area (Å²) >= 11 is 0. The van der Waals surface area contributed by atoms with Gasteiger partial charge in [0.2, 0.25) is 0 Å². The van der Waals surface area contributed by atoms with E-state index in [1.807, 2.05) is 43.0 Å². The average molecular weight is 329 g/mol. The lowest BCUT2D eigenvalue weighted by Crippen LogP contribution is -2.26. The smallest absolute Gasteiger partial charge is 0.273 e. The van der Waals surface area contributed by atoms with Gasteiger partial charge in [-0.05, 0) is 23.1 Å². The molecule has 1 heterocycles. The predicted octanol–water partition coefficient (Wildman–Crippen LogP) is 3.11. The monoisotopic (exact) mass is 329 g/mol. The van der Waals surface area contributed by atoms with Gasteiger partial charge in [0, 0.05) is 43.7 Å². The second-order valence-corrected chi connectivity index (χ2v) is 6.10. The Hall–Kier alpha value is -2.31. The summed E-state index contributed by atoms with van der Waals surface area (Å²) in [5, 5.41) is 20.6. The largest absolute Gasteiger partial charge is 0.395 e. The molecule has 0 radical (unpaired) electrons. The maximum Gasteiger partial charge on any atom is 0.273 e. The van der Waals surface area contributed by atoms with E-state index in [9.17, 15) is 15.2 Å². The van der Waals surface area contributed by atoms with Crippen LogP contribution in [-0.4, -0.2) is 33.1 Å². The summed E-state index contributed by atoms with van der Waals surface area (Å²) in [4.78, 5) is 17.1. The number of pyridine rings is 1. The number of rotatable bonds is 8. The lowest BCUT2D eigenvalue weighted by molar-refractivity contribution is -0.385. The molecule has 0 amide bonds. The second kappa shape index (κ2) is 8.52. The highest BCUT2D eigenvalue weighted by Crippen LogP contribution is 2.27. The van der Waals surface area contributed by atoms with E-state index in [-0.39, 0.29) is 23.1 Å². The minimum Gasteiger partial charge on any atom is -0.395 e. The van der Waals surface area contributed by atoms with Gasteiger partial charge < -0.3 is 5.11 Å². The fourth-order valence-electron chi connectivity index (χ4n) is 2.70. The zero-order valence-corrected chi connectivity index (χ0v) is 14.1. The first kappa shape index (κ1) is 18.0. The second-order valence-electron chi connectivity index (χ2n) is 6.10. The van der Waals surface area contributed by atoms with Crippen LogP contribution in [0.3, 0.4) is 0 Å². The average Bonchev–Trinajstić information content (AvgIpc) is 2.55. The first-order valence-corrected chi connectivity index (χ1v) is 8.00. The first-order valence-electron chi connectivity index (χ1n) is 8.00. The Balaban J connectivity index is 2.19. The van der Waals surface area contributed by atoms with E-state index in [0.717, 1.165) is 16.7 Å². The molecule has 1 aromatic carbocycles. The van der Waals surface area contributed by atoms with Crippen molar-refractivity contribution in [1.29, 1.82) is 0 Å². The van der Waals surface area contributed by atoms with Crippen molar-refractivity contribution in [2.45, 2.75) is 32.9 Å². The number of hydrogen-bond donors (Lipinski definition) is 1. The molecule has 2 rings (SSSR count). The SMILES string of the molecule is CC(C)c1ccc(CN(CCO)Cc2cccnc2)cc1[N+](=O)[O-]. The van der Waals surface area contributed by atoms with E-state index in [0.29, 0.717) is 19.6 Å². The molecule has 0 unspecified atom stereocenters. The third-order valence-corrected chi connectivity index (χ3v) is 3.86. The van der Waals surface area contributed by atoms with Gasteiger partial charge in [0.25, 0.3) is 5.69 Å². The lowest BCUT2D eigenvalue weighted by atomic mass is 9.99. The van der Waals surface area contributed by atoms with Gasteiger partial charge >= 0.3 is 0 Å². The van der Waals surface area contributed by atoms with Crippen LogP contribution in [0, 0.1) is 10.1 Å². The quantitative estimate of drug-likeness (QED) is 0.594. The van der Waals surface area contributed by atoms with Crippen LogP contribution >= 0.6 is 0 Å².